The summed E-state index contributed by atoms with van der Waals surface area (Å²) in [5.74, 6) is 1.32. The maximum Gasteiger partial charge on any atom is 0.237 e. The zero-order chi connectivity index (χ0) is 28.8. The van der Waals surface area contributed by atoms with Gasteiger partial charge in [0.2, 0.25) is 11.8 Å². The number of aromatic nitrogens is 2. The standard InChI is InChI=1S/C32H40ClN5O3/c1-3-25-13-15-36(31(25)32(40)35-18-24-6-4-7-26(33)16-24)21-27-8-5-14-38(27)30(39)17-28-19-34-22-37(28)20-23-9-11-29(41-2)12-10-23/h4,6-7,9-12,16,19,22,25,27,31H,3,5,8,13-15,17-18,20-21H2,1-2H3,(H,35,40)/t25-,27-,31-/m0/s1. The maximum atomic E-state index is 13.6. The molecule has 0 unspecified atom stereocenters. The Labute approximate surface area is 247 Å². The number of carbonyl (C=O) groups is 2. The molecule has 1 aromatic heterocycles. The van der Waals surface area contributed by atoms with E-state index in [1.807, 2.05) is 58.0 Å². The summed E-state index contributed by atoms with van der Waals surface area (Å²) >= 11 is 6.13. The topological polar surface area (TPSA) is 79.7 Å². The molecule has 0 radical (unpaired) electrons. The second kappa shape index (κ2) is 13.5. The number of rotatable bonds is 11. The molecular formula is C32H40ClN5O3. The third kappa shape index (κ3) is 7.11. The molecule has 0 aliphatic carbocycles. The zero-order valence-corrected chi connectivity index (χ0v) is 24.7. The van der Waals surface area contributed by atoms with Crippen LogP contribution in [0.3, 0.4) is 0 Å². The van der Waals surface area contributed by atoms with E-state index in [4.69, 9.17) is 16.3 Å². The number of amides is 2. The predicted octanol–water partition coefficient (Wildman–Crippen LogP) is 4.54. The fourth-order valence-corrected chi connectivity index (χ4v) is 6.54. The van der Waals surface area contributed by atoms with Crippen molar-refractivity contribution in [1.29, 1.82) is 0 Å². The van der Waals surface area contributed by atoms with Crippen LogP contribution in [0.15, 0.2) is 61.1 Å². The molecule has 5 rings (SSSR count). The second-order valence-corrected chi connectivity index (χ2v) is 11.6. The lowest BCUT2D eigenvalue weighted by atomic mass is 9.96. The Kier molecular flexibility index (Phi) is 9.62. The van der Waals surface area contributed by atoms with E-state index in [2.05, 4.69) is 22.1 Å². The van der Waals surface area contributed by atoms with Crippen LogP contribution in [-0.2, 0) is 29.1 Å². The molecule has 2 fully saturated rings. The third-order valence-electron chi connectivity index (χ3n) is 8.56. The molecule has 9 heteroatoms. The number of halogens is 1. The van der Waals surface area contributed by atoms with Crippen LogP contribution in [-0.4, -0.2) is 70.0 Å². The summed E-state index contributed by atoms with van der Waals surface area (Å²) in [5.41, 5.74) is 3.01. The van der Waals surface area contributed by atoms with Gasteiger partial charge in [-0.05, 0) is 67.1 Å². The number of ether oxygens (including phenoxy) is 1. The normalized spacial score (nSPS) is 20.9. The minimum Gasteiger partial charge on any atom is -0.497 e. The van der Waals surface area contributed by atoms with Crippen molar-refractivity contribution in [3.05, 3.63) is 82.9 Å². The molecule has 218 valence electrons. The number of imidazole rings is 1. The smallest absolute Gasteiger partial charge is 0.237 e. The van der Waals surface area contributed by atoms with Crippen LogP contribution < -0.4 is 10.1 Å². The number of likely N-dealkylation sites (tertiary alicyclic amines) is 2. The van der Waals surface area contributed by atoms with Crippen molar-refractivity contribution in [3.8, 4) is 5.75 Å². The van der Waals surface area contributed by atoms with E-state index in [0.717, 1.165) is 67.9 Å². The highest BCUT2D eigenvalue weighted by molar-refractivity contribution is 6.30. The number of hydrogen-bond donors (Lipinski definition) is 1. The average Bonchev–Trinajstić information content (AvgIpc) is 3.73. The summed E-state index contributed by atoms with van der Waals surface area (Å²) in [6, 6.07) is 15.5. The van der Waals surface area contributed by atoms with E-state index >= 15 is 0 Å². The molecule has 8 nitrogen and oxygen atoms in total. The largest absolute Gasteiger partial charge is 0.497 e. The maximum absolute atomic E-state index is 13.6. The van der Waals surface area contributed by atoms with Crippen molar-refractivity contribution < 1.29 is 14.3 Å². The Hall–Kier alpha value is -3.36. The average molecular weight is 578 g/mol. The van der Waals surface area contributed by atoms with Crippen LogP contribution >= 0.6 is 11.6 Å². The molecule has 2 amide bonds. The Morgan fingerprint density at radius 3 is 2.68 bits per heavy atom. The van der Waals surface area contributed by atoms with Gasteiger partial charge in [-0.25, -0.2) is 4.98 Å². The molecule has 3 aromatic rings. The van der Waals surface area contributed by atoms with E-state index in [1.165, 1.54) is 0 Å². The molecule has 0 saturated carbocycles. The van der Waals surface area contributed by atoms with Crippen LogP contribution in [0.4, 0.5) is 0 Å². The van der Waals surface area contributed by atoms with Gasteiger partial charge in [0, 0.05) is 49.1 Å². The Morgan fingerprint density at radius 2 is 1.93 bits per heavy atom. The quantitative estimate of drug-likeness (QED) is 0.362. The van der Waals surface area contributed by atoms with Crippen LogP contribution in [0.25, 0.3) is 0 Å². The molecule has 2 aliphatic rings. The van der Waals surface area contributed by atoms with Crippen molar-refractivity contribution in [3.63, 3.8) is 0 Å². The number of benzene rings is 2. The summed E-state index contributed by atoms with van der Waals surface area (Å²) in [4.78, 5) is 35.7. The molecule has 2 aliphatic heterocycles. The van der Waals surface area contributed by atoms with Crippen molar-refractivity contribution in [2.45, 2.75) is 64.2 Å². The number of carbonyl (C=O) groups excluding carboxylic acids is 2. The van der Waals surface area contributed by atoms with E-state index < -0.39 is 0 Å². The van der Waals surface area contributed by atoms with Crippen molar-refractivity contribution in [1.82, 2.24) is 24.7 Å². The monoisotopic (exact) mass is 577 g/mol. The van der Waals surface area contributed by atoms with Crippen molar-refractivity contribution >= 4 is 23.4 Å². The zero-order valence-electron chi connectivity index (χ0n) is 24.0. The first-order valence-corrected chi connectivity index (χ1v) is 15.0. The van der Waals surface area contributed by atoms with Gasteiger partial charge in [0.05, 0.1) is 25.9 Å². The second-order valence-electron chi connectivity index (χ2n) is 11.2. The lowest BCUT2D eigenvalue weighted by Gasteiger charge is -2.33. The summed E-state index contributed by atoms with van der Waals surface area (Å²) in [6.07, 6.45) is 7.79. The SMILES string of the molecule is CC[C@H]1CCN(C[C@@H]2CCCN2C(=O)Cc2cncn2Cc2ccc(OC)cc2)[C@@H]1C(=O)NCc1cccc(Cl)c1. The fourth-order valence-electron chi connectivity index (χ4n) is 6.33. The van der Waals surface area contributed by atoms with Gasteiger partial charge < -0.3 is 19.5 Å². The van der Waals surface area contributed by atoms with Crippen LogP contribution in [0, 0.1) is 5.92 Å². The summed E-state index contributed by atoms with van der Waals surface area (Å²) in [5, 5.41) is 3.81. The van der Waals surface area contributed by atoms with E-state index in [1.54, 1.807) is 19.6 Å². The number of nitrogens with one attached hydrogen (secondary N) is 1. The summed E-state index contributed by atoms with van der Waals surface area (Å²) in [7, 11) is 1.66. The molecular weight excluding hydrogens is 538 g/mol. The molecule has 1 N–H and O–H groups in total. The molecule has 0 spiro atoms. The lowest BCUT2D eigenvalue weighted by molar-refractivity contribution is -0.132. The highest BCUT2D eigenvalue weighted by atomic mass is 35.5. The van der Waals surface area contributed by atoms with Gasteiger partial charge in [-0.1, -0.05) is 49.2 Å². The van der Waals surface area contributed by atoms with Gasteiger partial charge in [-0.3, -0.25) is 14.5 Å². The van der Waals surface area contributed by atoms with Crippen LogP contribution in [0.2, 0.25) is 5.02 Å². The van der Waals surface area contributed by atoms with Crippen LogP contribution in [0.1, 0.15) is 49.4 Å². The number of hydrogen-bond acceptors (Lipinski definition) is 5. The van der Waals surface area contributed by atoms with Crippen molar-refractivity contribution in [2.75, 3.05) is 26.7 Å². The van der Waals surface area contributed by atoms with E-state index in [9.17, 15) is 9.59 Å². The molecule has 41 heavy (non-hydrogen) atoms. The summed E-state index contributed by atoms with van der Waals surface area (Å²) in [6.45, 7) is 5.62. The molecule has 3 atom stereocenters. The Morgan fingerprint density at radius 1 is 1.10 bits per heavy atom. The van der Waals surface area contributed by atoms with Crippen LogP contribution in [0.5, 0.6) is 5.75 Å². The number of methoxy groups -OCH3 is 1. The van der Waals surface area contributed by atoms with Gasteiger partial charge in [-0.2, -0.15) is 0 Å². The van der Waals surface area contributed by atoms with E-state index in [0.29, 0.717) is 30.5 Å². The summed E-state index contributed by atoms with van der Waals surface area (Å²) < 4.78 is 7.30. The highest BCUT2D eigenvalue weighted by Crippen LogP contribution is 2.30. The molecule has 3 heterocycles. The van der Waals surface area contributed by atoms with Gasteiger partial charge in [0.25, 0.3) is 0 Å². The van der Waals surface area contributed by atoms with Gasteiger partial charge in [0.1, 0.15) is 5.75 Å². The van der Waals surface area contributed by atoms with E-state index in [-0.39, 0.29) is 23.9 Å². The first-order chi connectivity index (χ1) is 19.9. The van der Waals surface area contributed by atoms with Gasteiger partial charge >= 0.3 is 0 Å². The number of nitrogens with zero attached hydrogens (tertiary/aromatic N) is 4. The van der Waals surface area contributed by atoms with Crippen molar-refractivity contribution in [2.24, 2.45) is 5.92 Å². The highest BCUT2D eigenvalue weighted by Gasteiger charge is 2.41. The minimum absolute atomic E-state index is 0.0626. The van der Waals surface area contributed by atoms with Gasteiger partial charge in [-0.15, -0.1) is 0 Å². The first kappa shape index (κ1) is 29.1. The molecule has 2 saturated heterocycles. The molecule has 0 bridgehead atoms. The Balaban J connectivity index is 1.20. The minimum atomic E-state index is -0.178. The third-order valence-corrected chi connectivity index (χ3v) is 8.80. The lowest BCUT2D eigenvalue weighted by Crippen LogP contribution is -2.51. The first-order valence-electron chi connectivity index (χ1n) is 14.6. The van der Waals surface area contributed by atoms with Gasteiger partial charge in [0.15, 0.2) is 0 Å². The Bertz CT molecular complexity index is 1330. The predicted molar refractivity (Wildman–Crippen MR) is 160 cm³/mol. The molecule has 2 aromatic carbocycles. The fraction of sp³-hybridized carbons (Fsp3) is 0.469.